The molecule has 1 unspecified atom stereocenters. The van der Waals surface area contributed by atoms with E-state index >= 15 is 0 Å². The number of carbonyl (C=O) groups excluding carboxylic acids is 1. The first-order valence-corrected chi connectivity index (χ1v) is 10.9. The molecule has 4 aliphatic carbocycles. The second kappa shape index (κ2) is 5.78. The Morgan fingerprint density at radius 1 is 1.16 bits per heavy atom. The molecule has 0 aromatic rings. The third-order valence-electron chi connectivity index (χ3n) is 8.88. The summed E-state index contributed by atoms with van der Waals surface area (Å²) in [5, 5.41) is 10.6. The second-order valence-electron chi connectivity index (χ2n) is 9.56. The fourth-order valence-electron chi connectivity index (χ4n) is 7.51. The number of thiol groups is 2. The summed E-state index contributed by atoms with van der Waals surface area (Å²) in [4.78, 5) is 12.7. The highest BCUT2D eigenvalue weighted by atomic mass is 32.2. The van der Waals surface area contributed by atoms with E-state index in [9.17, 15) is 9.90 Å². The molecule has 0 radical (unpaired) electrons. The van der Waals surface area contributed by atoms with Crippen molar-refractivity contribution < 1.29 is 9.90 Å². The molecular formula is C21H32O2S2. The Hall–Kier alpha value is 0.0700. The molecule has 25 heavy (non-hydrogen) atoms. The minimum Gasteiger partial charge on any atom is -0.393 e. The van der Waals surface area contributed by atoms with Gasteiger partial charge in [0.05, 0.1) is 6.10 Å². The lowest BCUT2D eigenvalue weighted by Gasteiger charge is -2.61. The van der Waals surface area contributed by atoms with Crippen LogP contribution in [0.5, 0.6) is 0 Å². The molecule has 3 fully saturated rings. The monoisotopic (exact) mass is 380 g/mol. The summed E-state index contributed by atoms with van der Waals surface area (Å²) < 4.78 is -0.856. The zero-order valence-corrected chi connectivity index (χ0v) is 17.5. The van der Waals surface area contributed by atoms with Gasteiger partial charge in [-0.15, -0.1) is 0 Å². The summed E-state index contributed by atoms with van der Waals surface area (Å²) in [7, 11) is 0. The number of aliphatic hydroxyl groups is 1. The maximum absolute atomic E-state index is 12.7. The molecule has 2 nitrogen and oxygen atoms in total. The van der Waals surface area contributed by atoms with Crippen LogP contribution in [0, 0.1) is 34.5 Å². The van der Waals surface area contributed by atoms with Gasteiger partial charge < -0.3 is 5.11 Å². The molecule has 4 heteroatoms. The lowest BCUT2D eigenvalue weighted by Crippen LogP contribution is -2.58. The Kier molecular flexibility index (Phi) is 4.26. The quantitative estimate of drug-likeness (QED) is 0.456. The third-order valence-corrected chi connectivity index (χ3v) is 9.95. The number of hydrogen-bond donors (Lipinski definition) is 3. The Morgan fingerprint density at radius 3 is 2.56 bits per heavy atom. The first-order chi connectivity index (χ1) is 11.7. The number of ketones is 1. The average molecular weight is 381 g/mol. The van der Waals surface area contributed by atoms with Gasteiger partial charge in [-0.2, -0.15) is 25.3 Å². The van der Waals surface area contributed by atoms with Crippen molar-refractivity contribution in [1.29, 1.82) is 0 Å². The summed E-state index contributed by atoms with van der Waals surface area (Å²) in [6, 6.07) is 0. The molecule has 0 spiro atoms. The van der Waals surface area contributed by atoms with Crippen LogP contribution >= 0.6 is 25.3 Å². The van der Waals surface area contributed by atoms with Crippen LogP contribution in [-0.2, 0) is 4.79 Å². The highest BCUT2D eigenvalue weighted by Crippen LogP contribution is 2.68. The van der Waals surface area contributed by atoms with Crippen LogP contribution in [0.25, 0.3) is 0 Å². The molecule has 0 saturated heterocycles. The normalized spacial score (nSPS) is 51.4. The van der Waals surface area contributed by atoms with Gasteiger partial charge in [-0.25, -0.2) is 0 Å². The van der Waals surface area contributed by atoms with Gasteiger partial charge in [-0.05, 0) is 85.5 Å². The standard InChI is InChI=1S/C21H32O2S2/c1-4-16-20(3)12(11-18(23)21(16,24)25)5-6-13-14-7-8-17(22)19(14,2)10-9-15(13)20/h11,13-17,22,24-25H,4-10H2,1-3H3/t13-,14-,15-,16?,17-,19-,20-/m0/s1. The number of fused-ring (bicyclic) bond motifs is 5. The zero-order chi connectivity index (χ0) is 18.2. The molecule has 0 aromatic carbocycles. The van der Waals surface area contributed by atoms with E-state index in [4.69, 9.17) is 25.3 Å². The van der Waals surface area contributed by atoms with Crippen molar-refractivity contribution in [3.8, 4) is 0 Å². The van der Waals surface area contributed by atoms with E-state index in [1.54, 1.807) is 0 Å². The first-order valence-electron chi connectivity index (χ1n) is 10.1. The van der Waals surface area contributed by atoms with Crippen molar-refractivity contribution in [3.63, 3.8) is 0 Å². The summed E-state index contributed by atoms with van der Waals surface area (Å²) in [6.07, 6.45) is 9.28. The molecule has 4 rings (SSSR count). The maximum atomic E-state index is 12.7. The van der Waals surface area contributed by atoms with E-state index in [-0.39, 0.29) is 28.6 Å². The number of hydrogen-bond acceptors (Lipinski definition) is 4. The van der Waals surface area contributed by atoms with Gasteiger partial charge in [0.2, 0.25) is 0 Å². The lowest BCUT2D eigenvalue weighted by molar-refractivity contribution is -0.122. The predicted octanol–water partition coefficient (Wildman–Crippen LogP) is 4.68. The Morgan fingerprint density at radius 2 is 1.88 bits per heavy atom. The van der Waals surface area contributed by atoms with Gasteiger partial charge in [0, 0.05) is 0 Å². The highest BCUT2D eigenvalue weighted by molar-refractivity contribution is 8.02. The summed E-state index contributed by atoms with van der Waals surface area (Å²) >= 11 is 9.50. The minimum atomic E-state index is -0.856. The molecular weight excluding hydrogens is 348 g/mol. The summed E-state index contributed by atoms with van der Waals surface area (Å²) in [6.45, 7) is 6.90. The summed E-state index contributed by atoms with van der Waals surface area (Å²) in [5.41, 5.74) is 1.47. The number of carbonyl (C=O) groups is 1. The number of allylic oxidation sites excluding steroid dienone is 1. The van der Waals surface area contributed by atoms with Crippen molar-refractivity contribution in [2.75, 3.05) is 0 Å². The highest BCUT2D eigenvalue weighted by Gasteiger charge is 2.63. The van der Waals surface area contributed by atoms with Gasteiger partial charge in [0.25, 0.3) is 0 Å². The molecule has 140 valence electrons. The average Bonchev–Trinajstić information content (AvgIpc) is 2.85. The molecule has 7 atom stereocenters. The largest absolute Gasteiger partial charge is 0.393 e. The van der Waals surface area contributed by atoms with Crippen LogP contribution < -0.4 is 0 Å². The van der Waals surface area contributed by atoms with Gasteiger partial charge >= 0.3 is 0 Å². The SMILES string of the molecule is CCC1C(S)(S)C(=O)C=C2CC[C@H]3[C@@H]4CC[C@H](O)[C@@]4(C)CC[C@@H]3[C@]21C. The van der Waals surface area contributed by atoms with Crippen LogP contribution in [0.2, 0.25) is 0 Å². The number of rotatable bonds is 1. The fraction of sp³-hybridized carbons (Fsp3) is 0.857. The molecule has 0 aliphatic heterocycles. The van der Waals surface area contributed by atoms with Gasteiger partial charge in [-0.3, -0.25) is 4.79 Å². The number of aliphatic hydroxyl groups excluding tert-OH is 1. The smallest absolute Gasteiger partial charge is 0.181 e. The van der Waals surface area contributed by atoms with E-state index in [1.165, 1.54) is 12.0 Å². The van der Waals surface area contributed by atoms with Crippen LogP contribution in [0.4, 0.5) is 0 Å². The van der Waals surface area contributed by atoms with E-state index in [2.05, 4.69) is 20.8 Å². The van der Waals surface area contributed by atoms with Crippen LogP contribution in [0.15, 0.2) is 11.6 Å². The summed E-state index contributed by atoms with van der Waals surface area (Å²) in [5.74, 6) is 2.13. The first kappa shape index (κ1) is 18.4. The zero-order valence-electron chi connectivity index (χ0n) is 15.7. The fourth-order valence-corrected chi connectivity index (χ4v) is 8.54. The maximum Gasteiger partial charge on any atom is 0.181 e. The Bertz CT molecular complexity index is 627. The van der Waals surface area contributed by atoms with Gasteiger partial charge in [0.15, 0.2) is 5.78 Å². The van der Waals surface area contributed by atoms with Crippen molar-refractivity contribution in [2.45, 2.75) is 75.9 Å². The van der Waals surface area contributed by atoms with Crippen molar-refractivity contribution in [1.82, 2.24) is 0 Å². The van der Waals surface area contributed by atoms with Gasteiger partial charge in [-0.1, -0.05) is 26.3 Å². The van der Waals surface area contributed by atoms with Crippen molar-refractivity contribution >= 4 is 31.0 Å². The molecule has 0 bridgehead atoms. The van der Waals surface area contributed by atoms with Crippen LogP contribution in [0.3, 0.4) is 0 Å². The van der Waals surface area contributed by atoms with Crippen molar-refractivity contribution in [2.24, 2.45) is 34.5 Å². The molecule has 4 aliphatic rings. The predicted molar refractivity (Wildman–Crippen MR) is 108 cm³/mol. The van der Waals surface area contributed by atoms with Gasteiger partial charge in [0.1, 0.15) is 4.08 Å². The molecule has 3 saturated carbocycles. The van der Waals surface area contributed by atoms with E-state index in [0.29, 0.717) is 17.8 Å². The van der Waals surface area contributed by atoms with Crippen LogP contribution in [0.1, 0.15) is 65.7 Å². The van der Waals surface area contributed by atoms with E-state index in [0.717, 1.165) is 38.5 Å². The molecule has 1 N–H and O–H groups in total. The third kappa shape index (κ3) is 2.26. The minimum absolute atomic E-state index is 0.0178. The molecule has 0 aromatic heterocycles. The Labute approximate surface area is 163 Å². The molecule has 0 amide bonds. The second-order valence-corrected chi connectivity index (χ2v) is 11.3. The lowest BCUT2D eigenvalue weighted by atomic mass is 9.44. The van der Waals surface area contributed by atoms with E-state index in [1.807, 2.05) is 6.08 Å². The van der Waals surface area contributed by atoms with Crippen molar-refractivity contribution in [3.05, 3.63) is 11.6 Å². The van der Waals surface area contributed by atoms with E-state index < -0.39 is 4.08 Å². The van der Waals surface area contributed by atoms with Crippen LogP contribution in [-0.4, -0.2) is 21.1 Å². The Balaban J connectivity index is 1.77. The topological polar surface area (TPSA) is 37.3 Å². The molecule has 0 heterocycles.